The summed E-state index contributed by atoms with van der Waals surface area (Å²) in [5.41, 5.74) is 21.3. The first-order chi connectivity index (χ1) is 35.1. The zero-order valence-corrected chi connectivity index (χ0v) is 39.5. The van der Waals surface area contributed by atoms with E-state index in [4.69, 9.17) is 0 Å². The fourth-order valence-electron chi connectivity index (χ4n) is 11.6. The van der Waals surface area contributed by atoms with Crippen molar-refractivity contribution < 1.29 is 0 Å². The Bertz CT molecular complexity index is 3840. The summed E-state index contributed by atoms with van der Waals surface area (Å²) in [6.07, 6.45) is 0. The minimum Gasteiger partial charge on any atom is -0.309 e. The van der Waals surface area contributed by atoms with E-state index in [0.29, 0.717) is 0 Å². The Morgan fingerprint density at radius 2 is 0.718 bits per heavy atom. The molecule has 0 bridgehead atoms. The molecule has 12 aromatic carbocycles. The largest absolute Gasteiger partial charge is 0.309 e. The molecule has 334 valence electrons. The second-order valence-corrected chi connectivity index (χ2v) is 18.9. The third kappa shape index (κ3) is 7.08. The van der Waals surface area contributed by atoms with E-state index in [0.717, 1.165) is 44.9 Å². The van der Waals surface area contributed by atoms with Gasteiger partial charge in [-0.2, -0.15) is 0 Å². The van der Waals surface area contributed by atoms with Crippen LogP contribution in [-0.2, 0) is 5.41 Å². The van der Waals surface area contributed by atoms with Crippen molar-refractivity contribution in [1.29, 1.82) is 0 Å². The molecule has 1 aliphatic carbocycles. The highest BCUT2D eigenvalue weighted by Crippen LogP contribution is 2.55. The Morgan fingerprint density at radius 1 is 0.268 bits per heavy atom. The molecule has 12 aromatic rings. The van der Waals surface area contributed by atoms with E-state index >= 15 is 0 Å². The van der Waals surface area contributed by atoms with Crippen molar-refractivity contribution in [1.82, 2.24) is 0 Å². The van der Waals surface area contributed by atoms with Crippen LogP contribution in [0.2, 0.25) is 0 Å². The normalized spacial score (nSPS) is 13.8. The van der Waals surface area contributed by atoms with Gasteiger partial charge in [0.2, 0.25) is 0 Å². The van der Waals surface area contributed by atoms with Crippen LogP contribution in [0.25, 0.3) is 88.3 Å². The van der Waals surface area contributed by atoms with Gasteiger partial charge in [0.1, 0.15) is 0 Å². The van der Waals surface area contributed by atoms with Gasteiger partial charge in [-0.15, -0.1) is 0 Å². The number of benzene rings is 12. The molecule has 1 atom stereocenters. The quantitative estimate of drug-likeness (QED) is 0.130. The van der Waals surface area contributed by atoms with E-state index in [1.807, 2.05) is 0 Å². The summed E-state index contributed by atoms with van der Waals surface area (Å²) in [6, 6.07) is 103. The highest BCUT2D eigenvalue weighted by molar-refractivity contribution is 6.22. The molecule has 0 aliphatic heterocycles. The summed E-state index contributed by atoms with van der Waals surface area (Å²) in [6.45, 7) is 2.40. The van der Waals surface area contributed by atoms with Crippen LogP contribution in [0.5, 0.6) is 0 Å². The Balaban J connectivity index is 1.03. The van der Waals surface area contributed by atoms with Gasteiger partial charge in [0, 0.05) is 27.9 Å². The fourth-order valence-corrected chi connectivity index (χ4v) is 11.6. The summed E-state index contributed by atoms with van der Waals surface area (Å²) in [5.74, 6) is 0. The number of rotatable bonds is 9. The number of nitrogens with zero attached hydrogens (tertiary/aromatic N) is 1. The van der Waals surface area contributed by atoms with E-state index in [9.17, 15) is 0 Å². The molecule has 0 fully saturated rings. The Morgan fingerprint density at radius 3 is 1.34 bits per heavy atom. The van der Waals surface area contributed by atoms with Crippen LogP contribution in [0.4, 0.5) is 17.1 Å². The van der Waals surface area contributed by atoms with E-state index < -0.39 is 0 Å². The number of para-hydroxylation sites is 1. The van der Waals surface area contributed by atoms with Crippen LogP contribution in [0.3, 0.4) is 0 Å². The number of anilines is 3. The standard InChI is InChI=1S/C70H49N/c1-70(54-30-15-6-16-31-54)65-37-20-19-33-61(65)62-45-43-56(47-66(62)70)71(69-57(49-22-7-2-8-23-49)35-21-36-58(69)50-24-9-3-10-25-50)55-41-38-48(39-42-55)53-40-44-60-59-32-17-18-34-63(59)67(51-26-11-4-12-27-51)68(64(60)46-53)52-28-13-5-14-29-52/h2-47H,1H3. The van der Waals surface area contributed by atoms with Crippen LogP contribution in [0.15, 0.2) is 279 Å². The third-order valence-electron chi connectivity index (χ3n) is 14.9. The molecule has 0 saturated carbocycles. The maximum absolute atomic E-state index is 2.51. The van der Waals surface area contributed by atoms with Gasteiger partial charge in [-0.25, -0.2) is 0 Å². The molecule has 71 heavy (non-hydrogen) atoms. The molecule has 0 N–H and O–H groups in total. The average Bonchev–Trinajstić information content (AvgIpc) is 3.71. The molecular weight excluding hydrogens is 855 g/mol. The van der Waals surface area contributed by atoms with Crippen molar-refractivity contribution in [2.75, 3.05) is 4.90 Å². The van der Waals surface area contributed by atoms with Gasteiger partial charge in [0.15, 0.2) is 0 Å². The van der Waals surface area contributed by atoms with Crippen molar-refractivity contribution in [2.45, 2.75) is 12.3 Å². The lowest BCUT2D eigenvalue weighted by atomic mass is 9.74. The van der Waals surface area contributed by atoms with Crippen molar-refractivity contribution in [2.24, 2.45) is 0 Å². The van der Waals surface area contributed by atoms with Crippen LogP contribution in [-0.4, -0.2) is 0 Å². The minimum atomic E-state index is -0.361. The molecule has 1 aliphatic rings. The Hall–Kier alpha value is -9.04. The van der Waals surface area contributed by atoms with E-state index in [1.54, 1.807) is 0 Å². The second kappa shape index (κ2) is 17.5. The van der Waals surface area contributed by atoms with E-state index in [1.165, 1.54) is 77.2 Å². The smallest absolute Gasteiger partial charge is 0.0618 e. The maximum Gasteiger partial charge on any atom is 0.0618 e. The van der Waals surface area contributed by atoms with Gasteiger partial charge in [0.25, 0.3) is 0 Å². The lowest BCUT2D eigenvalue weighted by molar-refractivity contribution is 0.714. The monoisotopic (exact) mass is 903 g/mol. The number of hydrogen-bond acceptors (Lipinski definition) is 1. The Kier molecular flexibility index (Phi) is 10.4. The highest BCUT2D eigenvalue weighted by Gasteiger charge is 2.41. The molecule has 1 unspecified atom stereocenters. The lowest BCUT2D eigenvalue weighted by Crippen LogP contribution is -2.23. The van der Waals surface area contributed by atoms with Gasteiger partial charge in [-0.3, -0.25) is 0 Å². The molecular formula is C70H49N. The van der Waals surface area contributed by atoms with Crippen LogP contribution < -0.4 is 4.90 Å². The average molecular weight is 904 g/mol. The summed E-state index contributed by atoms with van der Waals surface area (Å²) in [4.78, 5) is 2.51. The van der Waals surface area contributed by atoms with Crippen LogP contribution >= 0.6 is 0 Å². The zero-order valence-electron chi connectivity index (χ0n) is 39.5. The molecule has 1 heteroatoms. The van der Waals surface area contributed by atoms with E-state index in [-0.39, 0.29) is 5.41 Å². The maximum atomic E-state index is 2.51. The van der Waals surface area contributed by atoms with Gasteiger partial charge < -0.3 is 4.90 Å². The summed E-state index contributed by atoms with van der Waals surface area (Å²) in [5, 5.41) is 5.00. The molecule has 0 aromatic heterocycles. The molecule has 13 rings (SSSR count). The van der Waals surface area contributed by atoms with Crippen molar-refractivity contribution >= 4 is 38.6 Å². The highest BCUT2D eigenvalue weighted by atomic mass is 15.1. The van der Waals surface area contributed by atoms with Crippen LogP contribution in [0.1, 0.15) is 23.6 Å². The number of fused-ring (bicyclic) bond motifs is 6. The summed E-state index contributed by atoms with van der Waals surface area (Å²) >= 11 is 0. The third-order valence-corrected chi connectivity index (χ3v) is 14.9. The fraction of sp³-hybridized carbons (Fsp3) is 0.0286. The van der Waals surface area contributed by atoms with E-state index in [2.05, 4.69) is 291 Å². The van der Waals surface area contributed by atoms with Gasteiger partial charge in [0.05, 0.1) is 5.69 Å². The predicted octanol–water partition coefficient (Wildman–Crippen LogP) is 19.1. The first-order valence-electron chi connectivity index (χ1n) is 24.7. The number of hydrogen-bond donors (Lipinski definition) is 0. The molecule has 0 heterocycles. The SMILES string of the molecule is CC1(c2ccccc2)c2ccccc2-c2ccc(N(c3ccc(-c4ccc5c(c4)c(-c4ccccc4)c(-c4ccccc4)c4ccccc45)cc3)c3c(-c4ccccc4)cccc3-c3ccccc3)cc21. The summed E-state index contributed by atoms with van der Waals surface area (Å²) in [7, 11) is 0. The first kappa shape index (κ1) is 42.1. The molecule has 0 radical (unpaired) electrons. The van der Waals surface area contributed by atoms with Gasteiger partial charge in [-0.1, -0.05) is 249 Å². The molecule has 1 nitrogen and oxygen atoms in total. The summed E-state index contributed by atoms with van der Waals surface area (Å²) < 4.78 is 0. The topological polar surface area (TPSA) is 3.24 Å². The van der Waals surface area contributed by atoms with Gasteiger partial charge in [-0.05, 0) is 131 Å². The predicted molar refractivity (Wildman–Crippen MR) is 301 cm³/mol. The van der Waals surface area contributed by atoms with Crippen molar-refractivity contribution in [3.05, 3.63) is 296 Å². The van der Waals surface area contributed by atoms with Crippen molar-refractivity contribution in [3.63, 3.8) is 0 Å². The lowest BCUT2D eigenvalue weighted by Gasteiger charge is -2.33. The Labute approximate surface area is 416 Å². The van der Waals surface area contributed by atoms with Crippen LogP contribution in [0, 0.1) is 0 Å². The van der Waals surface area contributed by atoms with Crippen molar-refractivity contribution in [3.8, 4) is 66.8 Å². The second-order valence-electron chi connectivity index (χ2n) is 18.9. The molecule has 0 amide bonds. The first-order valence-corrected chi connectivity index (χ1v) is 24.7. The molecule has 0 saturated heterocycles. The molecule has 0 spiro atoms. The zero-order chi connectivity index (χ0) is 47.3. The minimum absolute atomic E-state index is 0.361. The van der Waals surface area contributed by atoms with Gasteiger partial charge >= 0.3 is 0 Å².